The van der Waals surface area contributed by atoms with E-state index in [9.17, 15) is 0 Å². The summed E-state index contributed by atoms with van der Waals surface area (Å²) in [6.45, 7) is 9.52. The van der Waals surface area contributed by atoms with Gasteiger partial charge in [0.2, 0.25) is 0 Å². The van der Waals surface area contributed by atoms with Gasteiger partial charge in [0.15, 0.2) is 0 Å². The molecule has 8 aromatic carbocycles. The molecule has 54 heavy (non-hydrogen) atoms. The topological polar surface area (TPSA) is 3.24 Å². The molecule has 0 fully saturated rings. The second kappa shape index (κ2) is 11.3. The van der Waals surface area contributed by atoms with Gasteiger partial charge < -0.3 is 4.90 Å². The summed E-state index contributed by atoms with van der Waals surface area (Å²) in [4.78, 5) is 2.58. The molecular weight excluding hydrogens is 671 g/mol. The van der Waals surface area contributed by atoms with Crippen LogP contribution in [-0.4, -0.2) is 0 Å². The zero-order chi connectivity index (χ0) is 36.3. The second-order valence-electron chi connectivity index (χ2n) is 16.1. The average molecular weight is 710 g/mol. The molecule has 258 valence electrons. The molecule has 1 aromatic heterocycles. The monoisotopic (exact) mass is 709 g/mol. The highest BCUT2D eigenvalue weighted by Gasteiger charge is 2.39. The van der Waals surface area contributed by atoms with Gasteiger partial charge in [0.25, 0.3) is 0 Å². The molecule has 0 saturated carbocycles. The van der Waals surface area contributed by atoms with Gasteiger partial charge in [0.1, 0.15) is 0 Å². The summed E-state index contributed by atoms with van der Waals surface area (Å²) in [5.41, 5.74) is 16.8. The third-order valence-electron chi connectivity index (χ3n) is 12.4. The molecule has 0 spiro atoms. The quantitative estimate of drug-likeness (QED) is 0.176. The Morgan fingerprint density at radius 1 is 0.426 bits per heavy atom. The molecule has 9 aromatic rings. The van der Waals surface area contributed by atoms with Gasteiger partial charge in [-0.2, -0.15) is 0 Å². The van der Waals surface area contributed by atoms with E-state index in [2.05, 4.69) is 196 Å². The lowest BCUT2D eigenvalue weighted by Gasteiger charge is -2.30. The Bertz CT molecular complexity index is 3000. The summed E-state index contributed by atoms with van der Waals surface area (Å²) in [5.74, 6) is 0. The van der Waals surface area contributed by atoms with Crippen LogP contribution in [0, 0.1) is 0 Å². The third kappa shape index (κ3) is 4.26. The van der Waals surface area contributed by atoms with Crippen molar-refractivity contribution >= 4 is 59.3 Å². The van der Waals surface area contributed by atoms with Crippen LogP contribution in [0.2, 0.25) is 0 Å². The van der Waals surface area contributed by atoms with Gasteiger partial charge in [0, 0.05) is 43.1 Å². The first-order valence-electron chi connectivity index (χ1n) is 19.0. The molecule has 0 N–H and O–H groups in total. The van der Waals surface area contributed by atoms with E-state index in [0.29, 0.717) is 0 Å². The SMILES string of the molecule is CC1(C)c2ccccc2-c2ccc(N(c3cccc4c3-c3ccccc3C4(C)C)c3cccc4c3sc3c(-c5ccccc5)cc5ccccc5c34)cc21. The smallest absolute Gasteiger partial charge is 0.0640 e. The summed E-state index contributed by atoms with van der Waals surface area (Å²) in [6, 6.07) is 61.3. The van der Waals surface area contributed by atoms with Crippen LogP contribution in [0.25, 0.3) is 64.3 Å². The van der Waals surface area contributed by atoms with Gasteiger partial charge in [-0.1, -0.05) is 161 Å². The van der Waals surface area contributed by atoms with E-state index < -0.39 is 0 Å². The van der Waals surface area contributed by atoms with E-state index in [0.717, 1.165) is 0 Å². The predicted octanol–water partition coefficient (Wildman–Crippen LogP) is 15.0. The first-order valence-corrected chi connectivity index (χ1v) is 19.8. The Morgan fingerprint density at radius 3 is 1.87 bits per heavy atom. The van der Waals surface area contributed by atoms with E-state index >= 15 is 0 Å². The molecule has 0 atom stereocenters. The molecule has 2 aliphatic rings. The Hall–Kier alpha value is -5.96. The molecular formula is C52H39NS. The normalized spacial score (nSPS) is 14.6. The fourth-order valence-electron chi connectivity index (χ4n) is 9.80. The number of hydrogen-bond donors (Lipinski definition) is 0. The molecule has 1 nitrogen and oxygen atoms in total. The second-order valence-corrected chi connectivity index (χ2v) is 17.1. The van der Waals surface area contributed by atoms with E-state index in [4.69, 9.17) is 0 Å². The highest BCUT2D eigenvalue weighted by atomic mass is 32.1. The Morgan fingerprint density at radius 2 is 1.04 bits per heavy atom. The van der Waals surface area contributed by atoms with Gasteiger partial charge in [-0.15, -0.1) is 11.3 Å². The van der Waals surface area contributed by atoms with Crippen LogP contribution >= 0.6 is 11.3 Å². The molecule has 0 amide bonds. The molecule has 11 rings (SSSR count). The van der Waals surface area contributed by atoms with Gasteiger partial charge in [-0.3, -0.25) is 0 Å². The summed E-state index contributed by atoms with van der Waals surface area (Å²) in [5, 5.41) is 5.21. The van der Waals surface area contributed by atoms with Crippen molar-refractivity contribution in [1.82, 2.24) is 0 Å². The van der Waals surface area contributed by atoms with Crippen LogP contribution in [0.1, 0.15) is 49.9 Å². The Balaban J connectivity index is 1.24. The van der Waals surface area contributed by atoms with E-state index in [1.807, 2.05) is 11.3 Å². The maximum Gasteiger partial charge on any atom is 0.0640 e. The third-order valence-corrected chi connectivity index (χ3v) is 13.7. The molecule has 0 bridgehead atoms. The zero-order valence-corrected chi connectivity index (χ0v) is 31.8. The fourth-order valence-corrected chi connectivity index (χ4v) is 11.2. The van der Waals surface area contributed by atoms with Gasteiger partial charge in [-0.05, 0) is 85.6 Å². The number of benzene rings is 8. The van der Waals surface area contributed by atoms with Crippen molar-refractivity contribution in [3.8, 4) is 33.4 Å². The summed E-state index contributed by atoms with van der Waals surface area (Å²) in [6.07, 6.45) is 0. The van der Waals surface area contributed by atoms with Crippen molar-refractivity contribution in [2.45, 2.75) is 38.5 Å². The number of nitrogens with zero attached hydrogens (tertiary/aromatic N) is 1. The number of thiophene rings is 1. The van der Waals surface area contributed by atoms with Crippen molar-refractivity contribution < 1.29 is 0 Å². The minimum absolute atomic E-state index is 0.109. The van der Waals surface area contributed by atoms with Gasteiger partial charge in [-0.25, -0.2) is 0 Å². The molecule has 1 heterocycles. The molecule has 0 unspecified atom stereocenters. The number of hydrogen-bond acceptors (Lipinski definition) is 2. The molecule has 2 heteroatoms. The highest BCUT2D eigenvalue weighted by molar-refractivity contribution is 7.27. The predicted molar refractivity (Wildman–Crippen MR) is 232 cm³/mol. The summed E-state index contributed by atoms with van der Waals surface area (Å²) in [7, 11) is 0. The molecule has 0 saturated heterocycles. The maximum atomic E-state index is 2.58. The average Bonchev–Trinajstić information content (AvgIpc) is 3.79. The fraction of sp³-hybridized carbons (Fsp3) is 0.115. The summed E-state index contributed by atoms with van der Waals surface area (Å²) >= 11 is 1.93. The maximum absolute atomic E-state index is 2.58. The minimum atomic E-state index is -0.117. The van der Waals surface area contributed by atoms with Crippen LogP contribution < -0.4 is 4.90 Å². The highest BCUT2D eigenvalue weighted by Crippen LogP contribution is 2.57. The zero-order valence-electron chi connectivity index (χ0n) is 30.9. The van der Waals surface area contributed by atoms with Gasteiger partial charge in [0.05, 0.1) is 16.1 Å². The Labute approximate surface area is 320 Å². The van der Waals surface area contributed by atoms with Crippen molar-refractivity contribution in [3.05, 3.63) is 186 Å². The lowest BCUT2D eigenvalue weighted by Crippen LogP contribution is -2.17. The van der Waals surface area contributed by atoms with Crippen molar-refractivity contribution in [2.24, 2.45) is 0 Å². The first kappa shape index (κ1) is 31.6. The van der Waals surface area contributed by atoms with E-state index in [1.165, 1.54) is 104 Å². The van der Waals surface area contributed by atoms with Gasteiger partial charge >= 0.3 is 0 Å². The standard InChI is InChI=1S/C52H39NS/c1-51(2)42-24-13-11-21-38(42)48-43(51)25-15-26-45(48)53(34-28-29-37-36-20-10-12-23-41(36)52(3,4)44(37)31-34)46-27-14-22-39-47-35-19-9-8-18-33(35)30-40(50(47)54-49(39)46)32-16-6-5-7-17-32/h5-31H,1-4H3. The first-order chi connectivity index (χ1) is 26.3. The lowest BCUT2D eigenvalue weighted by molar-refractivity contribution is 0.660. The van der Waals surface area contributed by atoms with Crippen LogP contribution in [0.3, 0.4) is 0 Å². The van der Waals surface area contributed by atoms with E-state index in [1.54, 1.807) is 0 Å². The van der Waals surface area contributed by atoms with Crippen LogP contribution in [-0.2, 0) is 10.8 Å². The van der Waals surface area contributed by atoms with Crippen molar-refractivity contribution in [2.75, 3.05) is 4.90 Å². The number of anilines is 3. The molecule has 2 aliphatic carbocycles. The van der Waals surface area contributed by atoms with Crippen molar-refractivity contribution in [1.29, 1.82) is 0 Å². The number of rotatable bonds is 4. The molecule has 0 aliphatic heterocycles. The lowest BCUT2D eigenvalue weighted by atomic mass is 9.82. The number of fused-ring (bicyclic) bond motifs is 11. The van der Waals surface area contributed by atoms with E-state index in [-0.39, 0.29) is 10.8 Å². The van der Waals surface area contributed by atoms with Crippen LogP contribution in [0.15, 0.2) is 164 Å². The molecule has 0 radical (unpaired) electrons. The van der Waals surface area contributed by atoms with Crippen LogP contribution in [0.4, 0.5) is 17.1 Å². The van der Waals surface area contributed by atoms with Crippen molar-refractivity contribution in [3.63, 3.8) is 0 Å². The minimum Gasteiger partial charge on any atom is -0.308 e. The Kier molecular flexibility index (Phi) is 6.59. The summed E-state index contributed by atoms with van der Waals surface area (Å²) < 4.78 is 2.63. The van der Waals surface area contributed by atoms with Crippen LogP contribution in [0.5, 0.6) is 0 Å². The largest absolute Gasteiger partial charge is 0.308 e.